The molecule has 1 aromatic carbocycles. The van der Waals surface area contributed by atoms with E-state index in [2.05, 4.69) is 5.32 Å². The van der Waals surface area contributed by atoms with E-state index in [-0.39, 0.29) is 17.7 Å². The van der Waals surface area contributed by atoms with Crippen LogP contribution in [0.1, 0.15) is 37.9 Å². The molecule has 3 N–H and O–H groups in total. The maximum atomic E-state index is 12.0. The number of likely N-dealkylation sites (N-methyl/N-ethyl adjacent to an activating group) is 1. The molecule has 5 nitrogen and oxygen atoms in total. The van der Waals surface area contributed by atoms with Crippen LogP contribution in [0.15, 0.2) is 18.2 Å². The number of aromatic hydroxyl groups is 1. The SMILES string of the molecule is CNC(=O)C1CCCCN1c1ccc(C(C)O)c(O)c1. The van der Waals surface area contributed by atoms with Gasteiger partial charge < -0.3 is 20.4 Å². The van der Waals surface area contributed by atoms with E-state index in [1.54, 1.807) is 26.1 Å². The van der Waals surface area contributed by atoms with Gasteiger partial charge in [0.25, 0.3) is 0 Å². The van der Waals surface area contributed by atoms with Gasteiger partial charge in [-0.1, -0.05) is 6.07 Å². The third-order valence-corrected chi connectivity index (χ3v) is 3.85. The number of phenolic OH excluding ortho intramolecular Hbond substituents is 1. The summed E-state index contributed by atoms with van der Waals surface area (Å²) in [6.45, 7) is 2.41. The molecule has 0 aromatic heterocycles. The first-order valence-corrected chi connectivity index (χ1v) is 7.03. The molecule has 0 saturated carbocycles. The number of benzene rings is 1. The van der Waals surface area contributed by atoms with Gasteiger partial charge in [0.15, 0.2) is 0 Å². The number of hydrogen-bond acceptors (Lipinski definition) is 4. The van der Waals surface area contributed by atoms with Crippen LogP contribution in [0, 0.1) is 0 Å². The van der Waals surface area contributed by atoms with Crippen molar-refractivity contribution in [2.45, 2.75) is 38.3 Å². The molecule has 1 amide bonds. The van der Waals surface area contributed by atoms with Crippen LogP contribution < -0.4 is 10.2 Å². The third-order valence-electron chi connectivity index (χ3n) is 3.85. The Morgan fingerprint density at radius 2 is 2.20 bits per heavy atom. The van der Waals surface area contributed by atoms with Gasteiger partial charge in [0.05, 0.1) is 6.10 Å². The summed E-state index contributed by atoms with van der Waals surface area (Å²) in [7, 11) is 1.64. The van der Waals surface area contributed by atoms with Gasteiger partial charge >= 0.3 is 0 Å². The van der Waals surface area contributed by atoms with Crippen LogP contribution in [0.2, 0.25) is 0 Å². The Morgan fingerprint density at radius 3 is 2.80 bits per heavy atom. The zero-order chi connectivity index (χ0) is 14.7. The van der Waals surface area contributed by atoms with Gasteiger partial charge in [0.2, 0.25) is 5.91 Å². The summed E-state index contributed by atoms with van der Waals surface area (Å²) >= 11 is 0. The lowest BCUT2D eigenvalue weighted by Gasteiger charge is -2.36. The zero-order valence-electron chi connectivity index (χ0n) is 12.0. The fourth-order valence-electron chi connectivity index (χ4n) is 2.74. The fraction of sp³-hybridized carbons (Fsp3) is 0.533. The molecule has 20 heavy (non-hydrogen) atoms. The van der Waals surface area contributed by atoms with E-state index < -0.39 is 6.10 Å². The summed E-state index contributed by atoms with van der Waals surface area (Å²) in [6, 6.07) is 5.00. The summed E-state index contributed by atoms with van der Waals surface area (Å²) in [5.41, 5.74) is 1.32. The molecular formula is C15H22N2O3. The molecule has 1 heterocycles. The van der Waals surface area contributed by atoms with Crippen molar-refractivity contribution >= 4 is 11.6 Å². The van der Waals surface area contributed by atoms with Crippen LogP contribution in [-0.4, -0.2) is 35.8 Å². The van der Waals surface area contributed by atoms with Gasteiger partial charge in [0.1, 0.15) is 11.8 Å². The molecule has 1 fully saturated rings. The summed E-state index contributed by atoms with van der Waals surface area (Å²) in [5.74, 6) is 0.0718. The smallest absolute Gasteiger partial charge is 0.242 e. The highest BCUT2D eigenvalue weighted by Crippen LogP contribution is 2.32. The average Bonchev–Trinajstić information content (AvgIpc) is 2.46. The number of aliphatic hydroxyl groups excluding tert-OH is 1. The van der Waals surface area contributed by atoms with Crippen molar-refractivity contribution in [2.24, 2.45) is 0 Å². The van der Waals surface area contributed by atoms with Crippen molar-refractivity contribution in [1.29, 1.82) is 0 Å². The van der Waals surface area contributed by atoms with E-state index in [0.717, 1.165) is 31.5 Å². The highest BCUT2D eigenvalue weighted by atomic mass is 16.3. The van der Waals surface area contributed by atoms with Gasteiger partial charge in [-0.3, -0.25) is 4.79 Å². The van der Waals surface area contributed by atoms with Crippen LogP contribution in [-0.2, 0) is 4.79 Å². The number of carbonyl (C=O) groups is 1. The minimum absolute atomic E-state index is 0.00351. The van der Waals surface area contributed by atoms with Gasteiger partial charge in [0, 0.05) is 30.9 Å². The van der Waals surface area contributed by atoms with Gasteiger partial charge in [-0.05, 0) is 32.3 Å². The Hall–Kier alpha value is -1.75. The van der Waals surface area contributed by atoms with Crippen LogP contribution in [0.5, 0.6) is 5.75 Å². The Morgan fingerprint density at radius 1 is 1.45 bits per heavy atom. The van der Waals surface area contributed by atoms with E-state index in [1.807, 2.05) is 11.0 Å². The molecule has 5 heteroatoms. The Bertz CT molecular complexity index is 488. The second-order valence-electron chi connectivity index (χ2n) is 5.24. The van der Waals surface area contributed by atoms with Gasteiger partial charge in [-0.25, -0.2) is 0 Å². The van der Waals surface area contributed by atoms with Crippen molar-refractivity contribution in [3.8, 4) is 5.75 Å². The quantitative estimate of drug-likeness (QED) is 0.784. The summed E-state index contributed by atoms with van der Waals surface area (Å²) in [4.78, 5) is 14.0. The number of aliphatic hydroxyl groups is 1. The molecule has 0 radical (unpaired) electrons. The van der Waals surface area contributed by atoms with Crippen LogP contribution in [0.4, 0.5) is 5.69 Å². The predicted octanol–water partition coefficient (Wildman–Crippen LogP) is 1.55. The van der Waals surface area contributed by atoms with Crippen LogP contribution >= 0.6 is 0 Å². The maximum Gasteiger partial charge on any atom is 0.242 e. The first-order chi connectivity index (χ1) is 9.54. The van der Waals surface area contributed by atoms with Crippen molar-refractivity contribution in [1.82, 2.24) is 5.32 Å². The predicted molar refractivity (Wildman–Crippen MR) is 77.8 cm³/mol. The summed E-state index contributed by atoms with van der Waals surface area (Å²) < 4.78 is 0. The molecule has 1 saturated heterocycles. The number of phenols is 1. The number of anilines is 1. The molecule has 2 unspecified atom stereocenters. The lowest BCUT2D eigenvalue weighted by atomic mass is 9.99. The molecule has 110 valence electrons. The summed E-state index contributed by atoms with van der Waals surface area (Å²) in [6.07, 6.45) is 2.18. The number of carbonyl (C=O) groups excluding carboxylic acids is 1. The largest absolute Gasteiger partial charge is 0.507 e. The number of hydrogen-bond donors (Lipinski definition) is 3. The number of nitrogens with one attached hydrogen (secondary N) is 1. The number of rotatable bonds is 3. The maximum absolute atomic E-state index is 12.0. The molecule has 1 aliphatic rings. The lowest BCUT2D eigenvalue weighted by molar-refractivity contribution is -0.122. The Balaban J connectivity index is 2.28. The zero-order valence-corrected chi connectivity index (χ0v) is 12.0. The van der Waals surface area contributed by atoms with E-state index in [1.165, 1.54) is 0 Å². The molecule has 0 spiro atoms. The third kappa shape index (κ3) is 2.88. The Kier molecular flexibility index (Phi) is 4.49. The van der Waals surface area contributed by atoms with E-state index >= 15 is 0 Å². The van der Waals surface area contributed by atoms with Crippen molar-refractivity contribution < 1.29 is 15.0 Å². The minimum Gasteiger partial charge on any atom is -0.507 e. The molecule has 0 aliphatic carbocycles. The van der Waals surface area contributed by atoms with Gasteiger partial charge in [-0.2, -0.15) is 0 Å². The standard InChI is InChI=1S/C15H22N2O3/c1-10(18)12-7-6-11(9-14(12)19)17-8-4-3-5-13(17)15(20)16-2/h6-7,9-10,13,18-19H,3-5,8H2,1-2H3,(H,16,20). The molecule has 2 rings (SSSR count). The first kappa shape index (κ1) is 14.7. The number of nitrogens with zero attached hydrogens (tertiary/aromatic N) is 1. The van der Waals surface area contributed by atoms with Gasteiger partial charge in [-0.15, -0.1) is 0 Å². The second-order valence-corrected chi connectivity index (χ2v) is 5.24. The molecular weight excluding hydrogens is 256 g/mol. The molecule has 1 aromatic rings. The number of amides is 1. The van der Waals surface area contributed by atoms with Crippen LogP contribution in [0.25, 0.3) is 0 Å². The van der Waals surface area contributed by atoms with Crippen LogP contribution in [0.3, 0.4) is 0 Å². The topological polar surface area (TPSA) is 72.8 Å². The molecule has 1 aliphatic heterocycles. The van der Waals surface area contributed by atoms with Crippen molar-refractivity contribution in [2.75, 3.05) is 18.5 Å². The molecule has 0 bridgehead atoms. The highest BCUT2D eigenvalue weighted by molar-refractivity contribution is 5.85. The summed E-state index contributed by atoms with van der Waals surface area (Å²) in [5, 5.41) is 22.2. The normalized spacial score (nSPS) is 20.6. The average molecular weight is 278 g/mol. The van der Waals surface area contributed by atoms with E-state index in [0.29, 0.717) is 5.56 Å². The second kappa shape index (κ2) is 6.13. The highest BCUT2D eigenvalue weighted by Gasteiger charge is 2.28. The number of piperidine rings is 1. The monoisotopic (exact) mass is 278 g/mol. The van der Waals surface area contributed by atoms with Crippen molar-refractivity contribution in [3.63, 3.8) is 0 Å². The van der Waals surface area contributed by atoms with E-state index in [4.69, 9.17) is 0 Å². The Labute approximate surface area is 119 Å². The first-order valence-electron chi connectivity index (χ1n) is 7.03. The van der Waals surface area contributed by atoms with E-state index in [9.17, 15) is 15.0 Å². The van der Waals surface area contributed by atoms with Crippen molar-refractivity contribution in [3.05, 3.63) is 23.8 Å². The lowest BCUT2D eigenvalue weighted by Crippen LogP contribution is -2.48. The fourth-order valence-corrected chi connectivity index (χ4v) is 2.74. The minimum atomic E-state index is -0.708. The molecule has 2 atom stereocenters.